The van der Waals surface area contributed by atoms with Gasteiger partial charge < -0.3 is 9.64 Å². The van der Waals surface area contributed by atoms with Crippen LogP contribution in [0.5, 0.6) is 0 Å². The molecular weight excluding hydrogens is 226 g/mol. The highest BCUT2D eigenvalue weighted by atomic mass is 16.6. The summed E-state index contributed by atoms with van der Waals surface area (Å²) >= 11 is 0. The lowest BCUT2D eigenvalue weighted by Crippen LogP contribution is -2.45. The van der Waals surface area contributed by atoms with Crippen LogP contribution in [0, 0.1) is 11.8 Å². The minimum absolute atomic E-state index is 0.0379. The molecule has 3 rings (SSSR count). The Balaban J connectivity index is 1.65. The summed E-state index contributed by atoms with van der Waals surface area (Å²) in [5.41, 5.74) is -0.114. The molecule has 3 aliphatic rings. The van der Waals surface area contributed by atoms with Gasteiger partial charge in [-0.15, -0.1) is 0 Å². The molecule has 3 atom stereocenters. The summed E-state index contributed by atoms with van der Waals surface area (Å²) in [7, 11) is 0. The van der Waals surface area contributed by atoms with Crippen molar-refractivity contribution in [1.82, 2.24) is 4.90 Å². The molecule has 3 heteroatoms. The first-order valence-corrected chi connectivity index (χ1v) is 7.71. The number of fused-ring (bicyclic) bond motifs is 2. The Bertz CT molecular complexity index is 324. The van der Waals surface area contributed by atoms with Crippen LogP contribution >= 0.6 is 0 Å². The molecule has 0 aromatic rings. The summed E-state index contributed by atoms with van der Waals surface area (Å²) in [6.45, 7) is 3.98. The fourth-order valence-corrected chi connectivity index (χ4v) is 4.34. The van der Waals surface area contributed by atoms with Gasteiger partial charge in [0.05, 0.1) is 0 Å². The molecule has 0 aromatic carbocycles. The van der Waals surface area contributed by atoms with E-state index in [1.54, 1.807) is 0 Å². The van der Waals surface area contributed by atoms with Crippen LogP contribution in [-0.2, 0) is 4.74 Å². The van der Waals surface area contributed by atoms with E-state index in [0.717, 1.165) is 44.7 Å². The summed E-state index contributed by atoms with van der Waals surface area (Å²) in [5.74, 6) is 1.46. The predicted octanol–water partition coefficient (Wildman–Crippen LogP) is 3.58. The summed E-state index contributed by atoms with van der Waals surface area (Å²) in [6.07, 6.45) is 9.53. The van der Waals surface area contributed by atoms with Gasteiger partial charge in [-0.25, -0.2) is 4.79 Å². The van der Waals surface area contributed by atoms with Crippen molar-refractivity contribution in [2.24, 2.45) is 11.8 Å². The molecule has 0 aromatic heterocycles. The predicted molar refractivity (Wildman–Crippen MR) is 70.4 cm³/mol. The Kier molecular flexibility index (Phi) is 3.25. The number of amides is 1. The lowest BCUT2D eigenvalue weighted by Gasteiger charge is -2.38. The van der Waals surface area contributed by atoms with E-state index in [9.17, 15) is 4.79 Å². The Hall–Kier alpha value is -0.730. The van der Waals surface area contributed by atoms with Crippen LogP contribution in [0.15, 0.2) is 0 Å². The molecule has 3 unspecified atom stereocenters. The Morgan fingerprint density at radius 1 is 1.28 bits per heavy atom. The van der Waals surface area contributed by atoms with Gasteiger partial charge in [0.15, 0.2) is 0 Å². The molecule has 3 fully saturated rings. The fraction of sp³-hybridized carbons (Fsp3) is 0.933. The molecular formula is C15H25NO2. The Labute approximate surface area is 110 Å². The maximum Gasteiger partial charge on any atom is 0.410 e. The van der Waals surface area contributed by atoms with Crippen molar-refractivity contribution in [2.45, 2.75) is 63.9 Å². The summed E-state index contributed by atoms with van der Waals surface area (Å²) in [4.78, 5) is 14.2. The molecule has 18 heavy (non-hydrogen) atoms. The van der Waals surface area contributed by atoms with Crippen LogP contribution in [0.25, 0.3) is 0 Å². The quantitative estimate of drug-likeness (QED) is 0.750. The van der Waals surface area contributed by atoms with E-state index in [2.05, 4.69) is 6.92 Å². The molecule has 0 N–H and O–H groups in total. The average Bonchev–Trinajstić information content (AvgIpc) is 3.00. The van der Waals surface area contributed by atoms with Gasteiger partial charge in [0.2, 0.25) is 0 Å². The van der Waals surface area contributed by atoms with Gasteiger partial charge >= 0.3 is 6.09 Å². The van der Waals surface area contributed by atoms with E-state index in [1.165, 1.54) is 25.7 Å². The molecule has 1 amide bonds. The van der Waals surface area contributed by atoms with Crippen LogP contribution in [0.4, 0.5) is 4.79 Å². The Morgan fingerprint density at radius 2 is 2.06 bits per heavy atom. The summed E-state index contributed by atoms with van der Waals surface area (Å²) in [5, 5.41) is 0. The summed E-state index contributed by atoms with van der Waals surface area (Å²) in [6, 6.07) is 0. The van der Waals surface area contributed by atoms with E-state index in [-0.39, 0.29) is 11.7 Å². The number of nitrogens with zero attached hydrogens (tertiary/aromatic N) is 1. The van der Waals surface area contributed by atoms with E-state index in [4.69, 9.17) is 4.74 Å². The van der Waals surface area contributed by atoms with E-state index in [1.807, 2.05) is 4.90 Å². The van der Waals surface area contributed by atoms with E-state index in [0.29, 0.717) is 5.92 Å². The largest absolute Gasteiger partial charge is 0.443 e. The fourth-order valence-electron chi connectivity index (χ4n) is 4.34. The van der Waals surface area contributed by atoms with Crippen LogP contribution < -0.4 is 0 Å². The maximum absolute atomic E-state index is 12.3. The van der Waals surface area contributed by atoms with Gasteiger partial charge in [-0.05, 0) is 63.2 Å². The van der Waals surface area contributed by atoms with Crippen LogP contribution in [0.1, 0.15) is 58.3 Å². The number of likely N-dealkylation sites (tertiary alicyclic amines) is 1. The third-order valence-electron chi connectivity index (χ3n) is 5.42. The third-order valence-corrected chi connectivity index (χ3v) is 5.42. The van der Waals surface area contributed by atoms with Crippen molar-refractivity contribution in [1.29, 1.82) is 0 Å². The van der Waals surface area contributed by atoms with Gasteiger partial charge in [0.25, 0.3) is 0 Å². The minimum atomic E-state index is -0.114. The highest BCUT2D eigenvalue weighted by Gasteiger charge is 2.52. The molecule has 1 aliphatic heterocycles. The second-order valence-electron chi connectivity index (χ2n) is 6.41. The first kappa shape index (κ1) is 12.3. The standard InChI is InChI=1S/C15H25NO2/c1-2-15(11-12-6-7-13(15)10-12)18-14(17)16-8-4-3-5-9-16/h12-13H,2-11H2,1H3. The van der Waals surface area contributed by atoms with Gasteiger partial charge in [-0.2, -0.15) is 0 Å². The number of carbonyl (C=O) groups excluding carboxylic acids is 1. The number of carbonyl (C=O) groups is 1. The number of ether oxygens (including phenoxy) is 1. The molecule has 0 radical (unpaired) electrons. The molecule has 102 valence electrons. The molecule has 3 nitrogen and oxygen atoms in total. The SMILES string of the molecule is CCC1(OC(=O)N2CCCCC2)CC2CCC1C2. The molecule has 1 heterocycles. The smallest absolute Gasteiger partial charge is 0.410 e. The van der Waals surface area contributed by atoms with E-state index >= 15 is 0 Å². The van der Waals surface area contributed by atoms with Crippen molar-refractivity contribution < 1.29 is 9.53 Å². The van der Waals surface area contributed by atoms with Gasteiger partial charge in [0.1, 0.15) is 5.60 Å². The monoisotopic (exact) mass is 251 g/mol. The van der Waals surface area contributed by atoms with Crippen molar-refractivity contribution in [3.8, 4) is 0 Å². The average molecular weight is 251 g/mol. The highest BCUT2D eigenvalue weighted by molar-refractivity contribution is 5.68. The topological polar surface area (TPSA) is 29.5 Å². The highest BCUT2D eigenvalue weighted by Crippen LogP contribution is 2.54. The van der Waals surface area contributed by atoms with Crippen molar-refractivity contribution in [2.75, 3.05) is 13.1 Å². The normalized spacial score (nSPS) is 39.1. The lowest BCUT2D eigenvalue weighted by atomic mass is 9.82. The molecule has 2 aliphatic carbocycles. The van der Waals surface area contributed by atoms with Crippen molar-refractivity contribution >= 4 is 6.09 Å². The summed E-state index contributed by atoms with van der Waals surface area (Å²) < 4.78 is 6.01. The minimum Gasteiger partial charge on any atom is -0.443 e. The maximum atomic E-state index is 12.3. The molecule has 2 bridgehead atoms. The molecule has 2 saturated carbocycles. The second-order valence-corrected chi connectivity index (χ2v) is 6.41. The van der Waals surface area contributed by atoms with Crippen molar-refractivity contribution in [3.05, 3.63) is 0 Å². The zero-order chi connectivity index (χ0) is 12.6. The Morgan fingerprint density at radius 3 is 2.61 bits per heavy atom. The number of piperidine rings is 1. The lowest BCUT2D eigenvalue weighted by molar-refractivity contribution is -0.0501. The molecule has 1 saturated heterocycles. The number of hydrogen-bond donors (Lipinski definition) is 0. The first-order valence-electron chi connectivity index (χ1n) is 7.71. The van der Waals surface area contributed by atoms with E-state index < -0.39 is 0 Å². The second kappa shape index (κ2) is 4.75. The third kappa shape index (κ3) is 2.02. The zero-order valence-corrected chi connectivity index (χ0v) is 11.5. The van der Waals surface area contributed by atoms with Gasteiger partial charge in [0, 0.05) is 13.1 Å². The van der Waals surface area contributed by atoms with Crippen molar-refractivity contribution in [3.63, 3.8) is 0 Å². The molecule has 0 spiro atoms. The van der Waals surface area contributed by atoms with Crippen LogP contribution in [0.3, 0.4) is 0 Å². The zero-order valence-electron chi connectivity index (χ0n) is 11.5. The van der Waals surface area contributed by atoms with Crippen LogP contribution in [0.2, 0.25) is 0 Å². The number of hydrogen-bond acceptors (Lipinski definition) is 2. The number of rotatable bonds is 2. The van der Waals surface area contributed by atoms with Crippen LogP contribution in [-0.4, -0.2) is 29.7 Å². The van der Waals surface area contributed by atoms with Gasteiger partial charge in [-0.3, -0.25) is 0 Å². The first-order chi connectivity index (χ1) is 8.73. The van der Waals surface area contributed by atoms with Gasteiger partial charge in [-0.1, -0.05) is 6.92 Å².